The van der Waals surface area contributed by atoms with E-state index in [1.165, 1.54) is 0 Å². The first kappa shape index (κ1) is 15.3. The van der Waals surface area contributed by atoms with Gasteiger partial charge in [-0.3, -0.25) is 0 Å². The summed E-state index contributed by atoms with van der Waals surface area (Å²) in [4.78, 5) is 8.86. The van der Waals surface area contributed by atoms with Gasteiger partial charge in [-0.1, -0.05) is 12.1 Å². The average molecular weight is 334 g/mol. The SMILES string of the molecule is COc1cc(-c2nc3c(N)cccc3n2C)ccc1-c1cnc(C)o1. The van der Waals surface area contributed by atoms with Gasteiger partial charge in [0.25, 0.3) is 0 Å². The molecule has 0 aliphatic carbocycles. The third-order valence-electron chi connectivity index (χ3n) is 4.29. The van der Waals surface area contributed by atoms with Gasteiger partial charge in [-0.05, 0) is 24.3 Å². The predicted octanol–water partition coefficient (Wildman–Crippen LogP) is 3.79. The Morgan fingerprint density at radius 1 is 1.20 bits per heavy atom. The molecule has 2 N–H and O–H groups in total. The number of benzene rings is 2. The summed E-state index contributed by atoms with van der Waals surface area (Å²) in [5.74, 6) is 2.82. The van der Waals surface area contributed by atoms with Crippen molar-refractivity contribution in [2.24, 2.45) is 7.05 Å². The summed E-state index contributed by atoms with van der Waals surface area (Å²) < 4.78 is 13.2. The number of oxazole rings is 1. The van der Waals surface area contributed by atoms with Gasteiger partial charge < -0.3 is 19.5 Å². The van der Waals surface area contributed by atoms with E-state index in [4.69, 9.17) is 19.9 Å². The van der Waals surface area contributed by atoms with Crippen molar-refractivity contribution in [2.45, 2.75) is 6.92 Å². The maximum absolute atomic E-state index is 6.06. The molecule has 0 spiro atoms. The Morgan fingerprint density at radius 2 is 2.04 bits per heavy atom. The number of nitrogen functional groups attached to an aromatic ring is 1. The summed E-state index contributed by atoms with van der Waals surface area (Å²) in [6, 6.07) is 11.7. The molecule has 2 aromatic carbocycles. The van der Waals surface area contributed by atoms with E-state index in [1.807, 2.05) is 54.9 Å². The summed E-state index contributed by atoms with van der Waals surface area (Å²) in [5, 5.41) is 0. The summed E-state index contributed by atoms with van der Waals surface area (Å²) >= 11 is 0. The normalized spacial score (nSPS) is 11.2. The van der Waals surface area contributed by atoms with Crippen LogP contribution < -0.4 is 10.5 Å². The molecule has 0 aliphatic heterocycles. The molecule has 6 heteroatoms. The van der Waals surface area contributed by atoms with E-state index in [9.17, 15) is 0 Å². The molecule has 0 saturated carbocycles. The minimum atomic E-state index is 0.618. The Morgan fingerprint density at radius 3 is 2.72 bits per heavy atom. The fourth-order valence-corrected chi connectivity index (χ4v) is 3.01. The Bertz CT molecular complexity index is 1080. The smallest absolute Gasteiger partial charge is 0.191 e. The fourth-order valence-electron chi connectivity index (χ4n) is 3.01. The van der Waals surface area contributed by atoms with E-state index in [-0.39, 0.29) is 0 Å². The van der Waals surface area contributed by atoms with Crippen LogP contribution in [0.25, 0.3) is 33.7 Å². The van der Waals surface area contributed by atoms with Crippen molar-refractivity contribution in [3.05, 3.63) is 48.5 Å². The number of hydrogen-bond acceptors (Lipinski definition) is 5. The van der Waals surface area contributed by atoms with Crippen LogP contribution in [0.4, 0.5) is 5.69 Å². The molecule has 0 fully saturated rings. The highest BCUT2D eigenvalue weighted by Crippen LogP contribution is 2.35. The number of nitrogens with zero attached hydrogens (tertiary/aromatic N) is 3. The van der Waals surface area contributed by atoms with Crippen molar-refractivity contribution in [3.8, 4) is 28.5 Å². The van der Waals surface area contributed by atoms with Crippen molar-refractivity contribution < 1.29 is 9.15 Å². The Labute approximate surface area is 144 Å². The highest BCUT2D eigenvalue weighted by atomic mass is 16.5. The third kappa shape index (κ3) is 2.42. The minimum Gasteiger partial charge on any atom is -0.496 e. The van der Waals surface area contributed by atoms with Gasteiger partial charge in [-0.25, -0.2) is 9.97 Å². The molecule has 4 aromatic rings. The van der Waals surface area contributed by atoms with Gasteiger partial charge in [0.05, 0.1) is 30.1 Å². The van der Waals surface area contributed by atoms with Crippen LogP contribution in [0.5, 0.6) is 5.75 Å². The number of imidazole rings is 1. The highest BCUT2D eigenvalue weighted by molar-refractivity contribution is 5.90. The van der Waals surface area contributed by atoms with Crippen molar-refractivity contribution in [2.75, 3.05) is 12.8 Å². The van der Waals surface area contributed by atoms with Crippen molar-refractivity contribution >= 4 is 16.7 Å². The first-order chi connectivity index (χ1) is 12.1. The van der Waals surface area contributed by atoms with Gasteiger partial charge in [-0.15, -0.1) is 0 Å². The average Bonchev–Trinajstić information content (AvgIpc) is 3.19. The number of ether oxygens (including phenoxy) is 1. The number of fused-ring (bicyclic) bond motifs is 1. The molecule has 2 aromatic heterocycles. The molecule has 0 unspecified atom stereocenters. The molecule has 0 saturated heterocycles. The second-order valence-corrected chi connectivity index (χ2v) is 5.87. The Kier molecular flexibility index (Phi) is 3.46. The number of aryl methyl sites for hydroxylation is 2. The van der Waals surface area contributed by atoms with E-state index in [0.717, 1.165) is 28.0 Å². The number of anilines is 1. The topological polar surface area (TPSA) is 79.1 Å². The van der Waals surface area contributed by atoms with Crippen LogP contribution >= 0.6 is 0 Å². The maximum atomic E-state index is 6.06. The van der Waals surface area contributed by atoms with Crippen molar-refractivity contribution in [3.63, 3.8) is 0 Å². The van der Waals surface area contributed by atoms with Crippen LogP contribution in [0, 0.1) is 6.92 Å². The molecule has 0 bridgehead atoms. The van der Waals surface area contributed by atoms with Crippen LogP contribution in [0.1, 0.15) is 5.89 Å². The lowest BCUT2D eigenvalue weighted by Crippen LogP contribution is -1.94. The minimum absolute atomic E-state index is 0.618. The van der Waals surface area contributed by atoms with E-state index >= 15 is 0 Å². The number of aromatic nitrogens is 3. The van der Waals surface area contributed by atoms with E-state index < -0.39 is 0 Å². The molecule has 2 heterocycles. The molecule has 6 nitrogen and oxygen atoms in total. The van der Waals surface area contributed by atoms with Crippen molar-refractivity contribution in [1.29, 1.82) is 0 Å². The predicted molar refractivity (Wildman–Crippen MR) is 97.3 cm³/mol. The number of para-hydroxylation sites is 1. The van der Waals surface area contributed by atoms with E-state index in [1.54, 1.807) is 13.3 Å². The molecule has 25 heavy (non-hydrogen) atoms. The summed E-state index contributed by atoms with van der Waals surface area (Å²) in [6.07, 6.45) is 1.70. The van der Waals surface area contributed by atoms with Gasteiger partial charge in [0.1, 0.15) is 17.1 Å². The fraction of sp³-hybridized carbons (Fsp3) is 0.158. The Balaban J connectivity index is 1.87. The van der Waals surface area contributed by atoms with Gasteiger partial charge in [-0.2, -0.15) is 0 Å². The zero-order valence-electron chi connectivity index (χ0n) is 14.3. The molecule has 4 rings (SSSR count). The number of methoxy groups -OCH3 is 1. The molecule has 0 amide bonds. The van der Waals surface area contributed by atoms with Crippen LogP contribution in [-0.2, 0) is 7.05 Å². The lowest BCUT2D eigenvalue weighted by Gasteiger charge is -2.09. The van der Waals surface area contributed by atoms with Crippen LogP contribution in [0.15, 0.2) is 47.0 Å². The van der Waals surface area contributed by atoms with Gasteiger partial charge in [0.2, 0.25) is 0 Å². The van der Waals surface area contributed by atoms with Gasteiger partial charge >= 0.3 is 0 Å². The van der Waals surface area contributed by atoms with Crippen molar-refractivity contribution in [1.82, 2.24) is 14.5 Å². The zero-order valence-corrected chi connectivity index (χ0v) is 14.3. The lowest BCUT2D eigenvalue weighted by atomic mass is 10.1. The third-order valence-corrected chi connectivity index (χ3v) is 4.29. The second-order valence-electron chi connectivity index (χ2n) is 5.87. The summed E-state index contributed by atoms with van der Waals surface area (Å²) in [7, 11) is 3.61. The van der Waals surface area contributed by atoms with Crippen LogP contribution in [0.2, 0.25) is 0 Å². The number of nitrogens with two attached hydrogens (primary N) is 1. The van der Waals surface area contributed by atoms with E-state index in [2.05, 4.69) is 4.98 Å². The largest absolute Gasteiger partial charge is 0.496 e. The standard InChI is InChI=1S/C19H18N4O2/c1-11-21-10-17(25-11)13-8-7-12(9-16(13)24-3)19-22-18-14(20)5-4-6-15(18)23(19)2/h4-10H,20H2,1-3H3. The molecule has 126 valence electrons. The van der Waals surface area contributed by atoms with Gasteiger partial charge in [0.15, 0.2) is 11.7 Å². The maximum Gasteiger partial charge on any atom is 0.191 e. The summed E-state index contributed by atoms with van der Waals surface area (Å²) in [6.45, 7) is 1.81. The monoisotopic (exact) mass is 334 g/mol. The first-order valence-corrected chi connectivity index (χ1v) is 7.90. The lowest BCUT2D eigenvalue weighted by molar-refractivity contribution is 0.414. The molecule has 0 radical (unpaired) electrons. The summed E-state index contributed by atoms with van der Waals surface area (Å²) in [5.41, 5.74) is 10.3. The highest BCUT2D eigenvalue weighted by Gasteiger charge is 2.16. The van der Waals surface area contributed by atoms with Crippen LogP contribution in [0.3, 0.4) is 0 Å². The molecule has 0 atom stereocenters. The quantitative estimate of drug-likeness (QED) is 0.577. The Hall–Kier alpha value is -3.28. The van der Waals surface area contributed by atoms with Crippen LogP contribution in [-0.4, -0.2) is 21.6 Å². The first-order valence-electron chi connectivity index (χ1n) is 7.90. The van der Waals surface area contributed by atoms with Gasteiger partial charge in [0, 0.05) is 19.5 Å². The molecule has 0 aliphatic rings. The second kappa shape index (κ2) is 5.66. The van der Waals surface area contributed by atoms with E-state index in [0.29, 0.717) is 23.1 Å². The molecular weight excluding hydrogens is 316 g/mol. The number of rotatable bonds is 3. The zero-order chi connectivity index (χ0) is 17.6. The number of hydrogen-bond donors (Lipinski definition) is 1. The molecular formula is C19H18N4O2.